The van der Waals surface area contributed by atoms with E-state index in [9.17, 15) is 10.1 Å². The highest BCUT2D eigenvalue weighted by Gasteiger charge is 2.13. The van der Waals surface area contributed by atoms with Crippen molar-refractivity contribution in [2.75, 3.05) is 5.32 Å². The van der Waals surface area contributed by atoms with Crippen LogP contribution in [0.1, 0.15) is 29.2 Å². The molecule has 1 unspecified atom stereocenters. The van der Waals surface area contributed by atoms with Gasteiger partial charge in [-0.05, 0) is 26.3 Å². The molecule has 2 aromatic rings. The Morgan fingerprint density at radius 2 is 2.16 bits per heavy atom. The predicted molar refractivity (Wildman–Crippen MR) is 76.7 cm³/mol. The van der Waals surface area contributed by atoms with Gasteiger partial charge in [-0.2, -0.15) is 0 Å². The lowest BCUT2D eigenvalue weighted by Crippen LogP contribution is -2.08. The highest BCUT2D eigenvalue weighted by atomic mass is 32.1. The summed E-state index contributed by atoms with van der Waals surface area (Å²) in [5, 5.41) is 17.1. The van der Waals surface area contributed by atoms with E-state index in [1.54, 1.807) is 23.5 Å². The van der Waals surface area contributed by atoms with E-state index >= 15 is 0 Å². The van der Waals surface area contributed by atoms with E-state index < -0.39 is 0 Å². The fourth-order valence-corrected chi connectivity index (χ4v) is 2.47. The number of non-ortho nitro benzene ring substituents is 1. The first-order valence-corrected chi connectivity index (χ1v) is 6.79. The maximum atomic E-state index is 10.8. The monoisotopic (exact) mass is 277 g/mol. The van der Waals surface area contributed by atoms with E-state index in [-0.39, 0.29) is 16.7 Å². The number of nitrogens with one attached hydrogen (secondary N) is 1. The number of hydrogen-bond donors (Lipinski definition) is 1. The van der Waals surface area contributed by atoms with Crippen LogP contribution in [0.5, 0.6) is 0 Å². The fourth-order valence-electron chi connectivity index (χ4n) is 1.77. The van der Waals surface area contributed by atoms with E-state index in [2.05, 4.69) is 10.3 Å². The molecule has 6 heteroatoms. The molecule has 1 aromatic carbocycles. The van der Waals surface area contributed by atoms with Gasteiger partial charge >= 0.3 is 0 Å². The van der Waals surface area contributed by atoms with Crippen LogP contribution < -0.4 is 5.32 Å². The Balaban J connectivity index is 2.22. The molecule has 0 saturated carbocycles. The molecule has 5 nitrogen and oxygen atoms in total. The first-order chi connectivity index (χ1) is 8.97. The van der Waals surface area contributed by atoms with Crippen LogP contribution in [0, 0.1) is 24.0 Å². The molecule has 2 rings (SSSR count). The third-order valence-corrected chi connectivity index (χ3v) is 3.68. The molecule has 1 N–H and O–H groups in total. The number of aryl methyl sites for hydroxylation is 2. The second-order valence-corrected chi connectivity index (χ2v) is 5.48. The lowest BCUT2D eigenvalue weighted by molar-refractivity contribution is -0.384. The van der Waals surface area contributed by atoms with Crippen LogP contribution in [0.3, 0.4) is 0 Å². The molecule has 0 amide bonds. The first-order valence-electron chi connectivity index (χ1n) is 5.91. The number of benzene rings is 1. The zero-order valence-electron chi connectivity index (χ0n) is 11.0. The van der Waals surface area contributed by atoms with Crippen molar-refractivity contribution < 1.29 is 4.92 Å². The normalized spacial score (nSPS) is 12.2. The lowest BCUT2D eigenvalue weighted by Gasteiger charge is -2.15. The average Bonchev–Trinajstić information content (AvgIpc) is 2.78. The predicted octanol–water partition coefficient (Wildman–Crippen LogP) is 3.84. The molecular formula is C13H15N3O2S. The second-order valence-electron chi connectivity index (χ2n) is 4.41. The largest absolute Gasteiger partial charge is 0.376 e. The minimum Gasteiger partial charge on any atom is -0.376 e. The summed E-state index contributed by atoms with van der Waals surface area (Å²) >= 11 is 1.60. The van der Waals surface area contributed by atoms with Gasteiger partial charge in [0.15, 0.2) is 0 Å². The van der Waals surface area contributed by atoms with Crippen LogP contribution in [0.15, 0.2) is 23.6 Å². The Labute approximate surface area is 115 Å². The quantitative estimate of drug-likeness (QED) is 0.681. The summed E-state index contributed by atoms with van der Waals surface area (Å²) in [6.07, 6.45) is 0. The summed E-state index contributed by atoms with van der Waals surface area (Å²) in [5.74, 6) is 0. The van der Waals surface area contributed by atoms with Gasteiger partial charge in [-0.3, -0.25) is 10.1 Å². The van der Waals surface area contributed by atoms with Crippen LogP contribution in [0.4, 0.5) is 11.4 Å². The second kappa shape index (κ2) is 5.36. The lowest BCUT2D eigenvalue weighted by atomic mass is 10.1. The van der Waals surface area contributed by atoms with Crippen molar-refractivity contribution in [2.24, 2.45) is 0 Å². The molecule has 1 atom stereocenters. The Kier molecular flexibility index (Phi) is 3.80. The van der Waals surface area contributed by atoms with Gasteiger partial charge in [-0.15, -0.1) is 11.3 Å². The SMILES string of the molecule is Cc1nc(C(C)Nc2cc([N+](=O)[O-])ccc2C)cs1. The molecule has 1 aromatic heterocycles. The number of nitro groups is 1. The Hall–Kier alpha value is -1.95. The van der Waals surface area contributed by atoms with E-state index in [1.165, 1.54) is 6.07 Å². The number of nitrogens with zero attached hydrogens (tertiary/aromatic N) is 2. The van der Waals surface area contributed by atoms with Crippen molar-refractivity contribution in [1.29, 1.82) is 0 Å². The molecule has 1 heterocycles. The van der Waals surface area contributed by atoms with E-state index in [1.807, 2.05) is 26.2 Å². The van der Waals surface area contributed by atoms with Crippen LogP contribution in [-0.4, -0.2) is 9.91 Å². The smallest absolute Gasteiger partial charge is 0.271 e. The number of aromatic nitrogens is 1. The van der Waals surface area contributed by atoms with Crippen molar-refractivity contribution in [3.63, 3.8) is 0 Å². The van der Waals surface area contributed by atoms with Crippen LogP contribution in [-0.2, 0) is 0 Å². The molecule has 0 bridgehead atoms. The summed E-state index contributed by atoms with van der Waals surface area (Å²) in [7, 11) is 0. The third kappa shape index (κ3) is 3.08. The summed E-state index contributed by atoms with van der Waals surface area (Å²) in [4.78, 5) is 14.8. The molecular weight excluding hydrogens is 262 g/mol. The van der Waals surface area contributed by atoms with E-state index in [0.717, 1.165) is 22.0 Å². The highest BCUT2D eigenvalue weighted by Crippen LogP contribution is 2.26. The number of rotatable bonds is 4. The highest BCUT2D eigenvalue weighted by molar-refractivity contribution is 7.09. The maximum absolute atomic E-state index is 10.8. The topological polar surface area (TPSA) is 68.1 Å². The van der Waals surface area contributed by atoms with E-state index in [0.29, 0.717) is 0 Å². The minimum atomic E-state index is -0.387. The van der Waals surface area contributed by atoms with Gasteiger partial charge in [0.05, 0.1) is 21.7 Å². The Morgan fingerprint density at radius 3 is 2.74 bits per heavy atom. The van der Waals surface area contributed by atoms with Gasteiger partial charge < -0.3 is 5.32 Å². The van der Waals surface area contributed by atoms with Crippen LogP contribution in [0.2, 0.25) is 0 Å². The number of nitro benzene ring substituents is 1. The van der Waals surface area contributed by atoms with Gasteiger partial charge in [-0.25, -0.2) is 4.98 Å². The Bertz CT molecular complexity index is 610. The van der Waals surface area contributed by atoms with Crippen LogP contribution >= 0.6 is 11.3 Å². The molecule has 0 saturated heterocycles. The molecule has 0 spiro atoms. The minimum absolute atomic E-state index is 0.0191. The summed E-state index contributed by atoms with van der Waals surface area (Å²) in [6.45, 7) is 5.87. The molecule has 19 heavy (non-hydrogen) atoms. The molecule has 0 fully saturated rings. The maximum Gasteiger partial charge on any atom is 0.271 e. The molecule has 0 aliphatic carbocycles. The average molecular weight is 277 g/mol. The van der Waals surface area contributed by atoms with Crippen molar-refractivity contribution in [3.05, 3.63) is 50.0 Å². The third-order valence-electron chi connectivity index (χ3n) is 2.88. The molecule has 0 aliphatic rings. The summed E-state index contributed by atoms with van der Waals surface area (Å²) in [6, 6.07) is 4.84. The van der Waals surface area contributed by atoms with Gasteiger partial charge in [0, 0.05) is 23.2 Å². The number of thiazole rings is 1. The van der Waals surface area contributed by atoms with Crippen molar-refractivity contribution in [1.82, 2.24) is 4.98 Å². The van der Waals surface area contributed by atoms with E-state index in [4.69, 9.17) is 0 Å². The zero-order valence-corrected chi connectivity index (χ0v) is 11.8. The summed E-state index contributed by atoms with van der Waals surface area (Å²) in [5.41, 5.74) is 2.79. The van der Waals surface area contributed by atoms with Crippen molar-refractivity contribution in [2.45, 2.75) is 26.8 Å². The Morgan fingerprint density at radius 1 is 1.42 bits per heavy atom. The summed E-state index contributed by atoms with van der Waals surface area (Å²) < 4.78 is 0. The molecule has 100 valence electrons. The van der Waals surface area contributed by atoms with Gasteiger partial charge in [0.25, 0.3) is 5.69 Å². The van der Waals surface area contributed by atoms with Gasteiger partial charge in [0.2, 0.25) is 0 Å². The fraction of sp³-hybridized carbons (Fsp3) is 0.308. The van der Waals surface area contributed by atoms with Gasteiger partial charge in [-0.1, -0.05) is 6.07 Å². The molecule has 0 aliphatic heterocycles. The van der Waals surface area contributed by atoms with Crippen LogP contribution in [0.25, 0.3) is 0 Å². The number of hydrogen-bond acceptors (Lipinski definition) is 5. The number of anilines is 1. The first kappa shape index (κ1) is 13.5. The molecule has 0 radical (unpaired) electrons. The van der Waals surface area contributed by atoms with Gasteiger partial charge in [0.1, 0.15) is 0 Å². The van der Waals surface area contributed by atoms with Crippen molar-refractivity contribution >= 4 is 22.7 Å². The standard InChI is InChI=1S/C13H15N3O2S/c1-8-4-5-11(16(17)18)6-12(8)14-9(2)13-7-19-10(3)15-13/h4-7,9,14H,1-3H3. The van der Waals surface area contributed by atoms with Crippen molar-refractivity contribution in [3.8, 4) is 0 Å². The zero-order chi connectivity index (χ0) is 14.0.